The van der Waals surface area contributed by atoms with Crippen LogP contribution in [0.3, 0.4) is 0 Å². The molecule has 1 heterocycles. The van der Waals surface area contributed by atoms with Crippen LogP contribution in [0.15, 0.2) is 24.3 Å². The van der Waals surface area contributed by atoms with Gasteiger partial charge in [0.2, 0.25) is 10.0 Å². The van der Waals surface area contributed by atoms with Crippen molar-refractivity contribution in [1.82, 2.24) is 5.32 Å². The van der Waals surface area contributed by atoms with E-state index in [-0.39, 0.29) is 23.8 Å². The van der Waals surface area contributed by atoms with Crippen LogP contribution in [-0.4, -0.2) is 33.1 Å². The molecule has 2 unspecified atom stereocenters. The van der Waals surface area contributed by atoms with Crippen molar-refractivity contribution in [3.63, 3.8) is 0 Å². The van der Waals surface area contributed by atoms with Crippen LogP contribution in [0.5, 0.6) is 0 Å². The molecule has 0 aromatic heterocycles. The molecule has 1 aromatic rings. The first-order valence-corrected chi connectivity index (χ1v) is 9.48. The highest BCUT2D eigenvalue weighted by Crippen LogP contribution is 2.20. The summed E-state index contributed by atoms with van der Waals surface area (Å²) in [6, 6.07) is 6.62. The van der Waals surface area contributed by atoms with Crippen LogP contribution in [0.4, 0.5) is 0 Å². The highest BCUT2D eigenvalue weighted by atomic mass is 32.2. The van der Waals surface area contributed by atoms with Gasteiger partial charge in [-0.2, -0.15) is 0 Å². The molecule has 1 aliphatic heterocycles. The summed E-state index contributed by atoms with van der Waals surface area (Å²) >= 11 is 0. The lowest BCUT2D eigenvalue weighted by Gasteiger charge is -2.32. The Balaban J connectivity index is 2.02. The lowest BCUT2D eigenvalue weighted by Crippen LogP contribution is -2.43. The van der Waals surface area contributed by atoms with E-state index in [9.17, 15) is 13.2 Å². The Morgan fingerprint density at radius 2 is 2.17 bits per heavy atom. The topological polar surface area (TPSA) is 98.5 Å². The third-order valence-electron chi connectivity index (χ3n) is 3.95. The number of nitrogens with two attached hydrogens (primary N) is 1. The van der Waals surface area contributed by atoms with Crippen LogP contribution in [-0.2, 0) is 20.5 Å². The van der Waals surface area contributed by atoms with Crippen molar-refractivity contribution in [2.24, 2.45) is 11.1 Å². The Morgan fingerprint density at radius 3 is 2.83 bits per heavy atom. The van der Waals surface area contributed by atoms with Gasteiger partial charge in [0.05, 0.1) is 11.9 Å². The van der Waals surface area contributed by atoms with E-state index in [0.717, 1.165) is 12.8 Å². The molecule has 23 heavy (non-hydrogen) atoms. The number of benzene rings is 1. The Bertz CT molecular complexity index is 658. The zero-order valence-corrected chi connectivity index (χ0v) is 14.3. The molecule has 0 spiro atoms. The predicted octanol–water partition coefficient (Wildman–Crippen LogP) is 1.41. The first kappa shape index (κ1) is 17.9. The van der Waals surface area contributed by atoms with Crippen LogP contribution < -0.4 is 10.5 Å². The van der Waals surface area contributed by atoms with Gasteiger partial charge in [-0.3, -0.25) is 4.79 Å². The molecule has 2 rings (SSSR count). The fraction of sp³-hybridized carbons (Fsp3) is 0.562. The zero-order chi connectivity index (χ0) is 17.0. The number of rotatable bonds is 5. The SMILES string of the molecule is CC(C)C1CC(NC(=O)c2cccc(CS(N)(=O)=O)c2)CCO1. The summed E-state index contributed by atoms with van der Waals surface area (Å²) in [7, 11) is -3.61. The summed E-state index contributed by atoms with van der Waals surface area (Å²) in [4.78, 5) is 12.4. The number of primary sulfonamides is 1. The molecule has 1 amide bonds. The second-order valence-corrected chi connectivity index (χ2v) is 7.97. The number of ether oxygens (including phenoxy) is 1. The molecule has 0 bridgehead atoms. The lowest BCUT2D eigenvalue weighted by molar-refractivity contribution is -0.0233. The van der Waals surface area contributed by atoms with Gasteiger partial charge in [-0.05, 0) is 36.5 Å². The van der Waals surface area contributed by atoms with Gasteiger partial charge in [-0.15, -0.1) is 0 Å². The highest BCUT2D eigenvalue weighted by Gasteiger charge is 2.26. The molecule has 0 saturated carbocycles. The van der Waals surface area contributed by atoms with Gasteiger partial charge in [0.25, 0.3) is 5.91 Å². The average molecular weight is 340 g/mol. The maximum absolute atomic E-state index is 12.4. The van der Waals surface area contributed by atoms with Gasteiger partial charge in [0.1, 0.15) is 0 Å². The third-order valence-corrected chi connectivity index (χ3v) is 4.69. The molecule has 0 radical (unpaired) electrons. The average Bonchev–Trinajstić information content (AvgIpc) is 2.46. The van der Waals surface area contributed by atoms with E-state index in [0.29, 0.717) is 23.7 Å². The lowest BCUT2D eigenvalue weighted by atomic mass is 9.95. The molecular weight excluding hydrogens is 316 g/mol. The number of carbonyl (C=O) groups is 1. The van der Waals surface area contributed by atoms with E-state index in [1.807, 2.05) is 0 Å². The number of hydrogen-bond donors (Lipinski definition) is 2. The number of nitrogens with one attached hydrogen (secondary N) is 1. The van der Waals surface area contributed by atoms with Crippen molar-refractivity contribution in [2.75, 3.05) is 6.61 Å². The molecular formula is C16H24N2O4S. The molecule has 7 heteroatoms. The van der Waals surface area contributed by atoms with Gasteiger partial charge >= 0.3 is 0 Å². The van der Waals surface area contributed by atoms with E-state index in [2.05, 4.69) is 19.2 Å². The molecule has 128 valence electrons. The molecule has 1 aliphatic rings. The quantitative estimate of drug-likeness (QED) is 0.846. The second-order valence-electron chi connectivity index (χ2n) is 6.36. The van der Waals surface area contributed by atoms with Gasteiger partial charge < -0.3 is 10.1 Å². The fourth-order valence-electron chi connectivity index (χ4n) is 2.73. The number of amides is 1. The molecule has 6 nitrogen and oxygen atoms in total. The molecule has 0 aliphatic carbocycles. The largest absolute Gasteiger partial charge is 0.378 e. The molecule has 1 aromatic carbocycles. The van der Waals surface area contributed by atoms with Crippen LogP contribution in [0.1, 0.15) is 42.6 Å². The maximum atomic E-state index is 12.4. The van der Waals surface area contributed by atoms with Crippen LogP contribution in [0.25, 0.3) is 0 Å². The van der Waals surface area contributed by atoms with E-state index < -0.39 is 10.0 Å². The van der Waals surface area contributed by atoms with Crippen molar-refractivity contribution in [3.8, 4) is 0 Å². The first-order valence-electron chi connectivity index (χ1n) is 7.76. The van der Waals surface area contributed by atoms with E-state index in [1.165, 1.54) is 0 Å². The zero-order valence-electron chi connectivity index (χ0n) is 13.5. The smallest absolute Gasteiger partial charge is 0.251 e. The van der Waals surface area contributed by atoms with E-state index in [1.54, 1.807) is 24.3 Å². The summed E-state index contributed by atoms with van der Waals surface area (Å²) in [5, 5.41) is 8.05. The van der Waals surface area contributed by atoms with Crippen molar-refractivity contribution in [2.45, 2.75) is 44.6 Å². The summed E-state index contributed by atoms with van der Waals surface area (Å²) in [6.07, 6.45) is 1.73. The predicted molar refractivity (Wildman–Crippen MR) is 88.3 cm³/mol. The molecule has 3 N–H and O–H groups in total. The Labute approximate surface area is 137 Å². The number of carbonyl (C=O) groups excluding carboxylic acids is 1. The second kappa shape index (κ2) is 7.42. The standard InChI is InChI=1S/C16H24N2O4S/c1-11(2)15-9-14(6-7-22-15)18-16(19)13-5-3-4-12(8-13)10-23(17,20)21/h3-5,8,11,14-15H,6-7,9-10H2,1-2H3,(H,18,19)(H2,17,20,21). The van der Waals surface area contributed by atoms with Gasteiger partial charge in [0.15, 0.2) is 0 Å². The minimum atomic E-state index is -3.61. The summed E-state index contributed by atoms with van der Waals surface area (Å²) in [5.41, 5.74) is 0.950. The van der Waals surface area contributed by atoms with Crippen LogP contribution in [0.2, 0.25) is 0 Å². The monoisotopic (exact) mass is 340 g/mol. The third kappa shape index (κ3) is 5.60. The Kier molecular flexibility index (Phi) is 5.78. The Hall–Kier alpha value is -1.44. The van der Waals surface area contributed by atoms with Gasteiger partial charge in [-0.1, -0.05) is 26.0 Å². The van der Waals surface area contributed by atoms with Crippen LogP contribution in [0, 0.1) is 5.92 Å². The maximum Gasteiger partial charge on any atom is 0.251 e. The summed E-state index contributed by atoms with van der Waals surface area (Å²) in [6.45, 7) is 4.84. The van der Waals surface area contributed by atoms with Gasteiger partial charge in [-0.25, -0.2) is 13.6 Å². The van der Waals surface area contributed by atoms with E-state index >= 15 is 0 Å². The first-order chi connectivity index (χ1) is 10.7. The van der Waals surface area contributed by atoms with Gasteiger partial charge in [0, 0.05) is 18.2 Å². The van der Waals surface area contributed by atoms with Crippen molar-refractivity contribution >= 4 is 15.9 Å². The number of sulfonamides is 1. The van der Waals surface area contributed by atoms with Crippen molar-refractivity contribution in [3.05, 3.63) is 35.4 Å². The van der Waals surface area contributed by atoms with Crippen molar-refractivity contribution < 1.29 is 17.9 Å². The fourth-order valence-corrected chi connectivity index (χ4v) is 3.37. The highest BCUT2D eigenvalue weighted by molar-refractivity contribution is 7.88. The molecule has 1 saturated heterocycles. The molecule has 1 fully saturated rings. The molecule has 2 atom stereocenters. The van der Waals surface area contributed by atoms with Crippen molar-refractivity contribution in [1.29, 1.82) is 0 Å². The minimum Gasteiger partial charge on any atom is -0.378 e. The normalized spacial score (nSPS) is 22.1. The minimum absolute atomic E-state index is 0.0746. The number of hydrogen-bond acceptors (Lipinski definition) is 4. The summed E-state index contributed by atoms with van der Waals surface area (Å²) < 4.78 is 28.0. The van der Waals surface area contributed by atoms with E-state index in [4.69, 9.17) is 9.88 Å². The summed E-state index contributed by atoms with van der Waals surface area (Å²) in [5.74, 6) is -0.0654. The Morgan fingerprint density at radius 1 is 1.43 bits per heavy atom. The van der Waals surface area contributed by atoms with Crippen LogP contribution >= 0.6 is 0 Å².